The molecular weight excluding hydrogens is 272 g/mol. The van der Waals surface area contributed by atoms with Crippen molar-refractivity contribution in [3.63, 3.8) is 0 Å². The van der Waals surface area contributed by atoms with Crippen LogP contribution in [0.3, 0.4) is 0 Å². The lowest BCUT2D eigenvalue weighted by atomic mass is 9.99. The van der Waals surface area contributed by atoms with Crippen LogP contribution in [0.25, 0.3) is 0 Å². The van der Waals surface area contributed by atoms with Gasteiger partial charge in [0.25, 0.3) is 0 Å². The summed E-state index contributed by atoms with van der Waals surface area (Å²) in [6.45, 7) is 4.36. The van der Waals surface area contributed by atoms with Crippen LogP contribution in [0.15, 0.2) is 18.2 Å². The number of unbranched alkanes of at least 4 members (excludes halogenated alkanes) is 1. The number of carbonyl (C=O) groups excluding carboxylic acids is 1. The molecule has 2 atom stereocenters. The van der Waals surface area contributed by atoms with Crippen molar-refractivity contribution in [2.45, 2.75) is 70.9 Å². The molecule has 0 saturated heterocycles. The van der Waals surface area contributed by atoms with Crippen molar-refractivity contribution in [2.24, 2.45) is 11.7 Å². The van der Waals surface area contributed by atoms with Crippen LogP contribution in [0.1, 0.15) is 57.1 Å². The molecule has 1 saturated carbocycles. The molecule has 1 aliphatic carbocycles. The highest BCUT2D eigenvalue weighted by molar-refractivity contribution is 5.98. The van der Waals surface area contributed by atoms with Crippen LogP contribution >= 0.6 is 0 Å². The van der Waals surface area contributed by atoms with Crippen LogP contribution in [-0.4, -0.2) is 18.0 Å². The van der Waals surface area contributed by atoms with Gasteiger partial charge < -0.3 is 10.6 Å². The first-order valence-electron chi connectivity index (χ1n) is 8.80. The van der Waals surface area contributed by atoms with Crippen molar-refractivity contribution in [1.82, 2.24) is 0 Å². The third-order valence-electron chi connectivity index (χ3n) is 4.95. The van der Waals surface area contributed by atoms with Crippen LogP contribution in [0, 0.1) is 5.92 Å². The number of benzene rings is 1. The smallest absolute Gasteiger partial charge is 0.230 e. The Morgan fingerprint density at radius 2 is 2.18 bits per heavy atom. The van der Waals surface area contributed by atoms with Crippen molar-refractivity contribution < 1.29 is 4.79 Å². The van der Waals surface area contributed by atoms with Crippen LogP contribution in [0.5, 0.6) is 0 Å². The van der Waals surface area contributed by atoms with Gasteiger partial charge in [0.05, 0.1) is 0 Å². The van der Waals surface area contributed by atoms with Gasteiger partial charge in [0.2, 0.25) is 5.91 Å². The van der Waals surface area contributed by atoms with Crippen molar-refractivity contribution >= 4 is 11.6 Å². The van der Waals surface area contributed by atoms with E-state index in [1.807, 2.05) is 4.90 Å². The molecule has 1 heterocycles. The highest BCUT2D eigenvalue weighted by Crippen LogP contribution is 2.39. The molecule has 1 aliphatic heterocycles. The van der Waals surface area contributed by atoms with E-state index in [-0.39, 0.29) is 12.0 Å². The number of anilines is 1. The Labute approximate surface area is 133 Å². The minimum Gasteiger partial charge on any atom is -0.327 e. The van der Waals surface area contributed by atoms with E-state index >= 15 is 0 Å². The highest BCUT2D eigenvalue weighted by atomic mass is 16.2. The molecule has 0 spiro atoms. The average molecular weight is 300 g/mol. The molecule has 3 nitrogen and oxygen atoms in total. The monoisotopic (exact) mass is 300 g/mol. The number of nitrogens with two attached hydrogens (primary N) is 1. The predicted molar refractivity (Wildman–Crippen MR) is 91.0 cm³/mol. The van der Waals surface area contributed by atoms with Gasteiger partial charge >= 0.3 is 0 Å². The van der Waals surface area contributed by atoms with Gasteiger partial charge in [0.1, 0.15) is 0 Å². The summed E-state index contributed by atoms with van der Waals surface area (Å²) in [5.74, 6) is 0.620. The van der Waals surface area contributed by atoms with Gasteiger partial charge in [-0.05, 0) is 56.2 Å². The van der Waals surface area contributed by atoms with Crippen LogP contribution in [0.2, 0.25) is 0 Å². The maximum atomic E-state index is 12.5. The molecule has 0 bridgehead atoms. The lowest BCUT2D eigenvalue weighted by molar-refractivity contribution is -0.120. The summed E-state index contributed by atoms with van der Waals surface area (Å²) in [6, 6.07) is 7.13. The standard InChI is InChI=1S/C19H28N2O/c1-3-4-5-17(20)12-14-6-9-18-16(11-14)10-13(2)21(18)19(22)15-7-8-15/h6,9,11,13,15,17H,3-5,7-8,10,12,20H2,1-2H3. The maximum absolute atomic E-state index is 12.5. The van der Waals surface area contributed by atoms with Gasteiger partial charge in [-0.3, -0.25) is 4.79 Å². The van der Waals surface area contributed by atoms with Gasteiger partial charge in [-0.25, -0.2) is 0 Å². The summed E-state index contributed by atoms with van der Waals surface area (Å²) in [5.41, 5.74) is 9.99. The average Bonchev–Trinajstić information content (AvgIpc) is 3.27. The SMILES string of the molecule is CCCCC(N)Cc1ccc2c(c1)CC(C)N2C(=O)C1CC1. The zero-order valence-electron chi connectivity index (χ0n) is 13.8. The Balaban J connectivity index is 1.72. The van der Waals surface area contributed by atoms with Crippen molar-refractivity contribution in [1.29, 1.82) is 0 Å². The normalized spacial score (nSPS) is 21.8. The number of rotatable bonds is 6. The topological polar surface area (TPSA) is 46.3 Å². The summed E-state index contributed by atoms with van der Waals surface area (Å²) in [7, 11) is 0. The van der Waals surface area contributed by atoms with Gasteiger partial charge in [0.15, 0.2) is 0 Å². The van der Waals surface area contributed by atoms with E-state index in [0.717, 1.165) is 37.8 Å². The molecule has 120 valence electrons. The Hall–Kier alpha value is -1.35. The highest BCUT2D eigenvalue weighted by Gasteiger charge is 2.39. The van der Waals surface area contributed by atoms with E-state index < -0.39 is 0 Å². The van der Waals surface area contributed by atoms with Crippen LogP contribution in [0.4, 0.5) is 5.69 Å². The molecule has 2 unspecified atom stereocenters. The van der Waals surface area contributed by atoms with E-state index in [0.29, 0.717) is 11.9 Å². The molecule has 1 fully saturated rings. The van der Waals surface area contributed by atoms with Gasteiger partial charge in [-0.15, -0.1) is 0 Å². The lowest BCUT2D eigenvalue weighted by Crippen LogP contribution is -2.36. The number of nitrogens with zero attached hydrogens (tertiary/aromatic N) is 1. The zero-order chi connectivity index (χ0) is 15.7. The second-order valence-corrected chi connectivity index (χ2v) is 7.11. The molecular formula is C19H28N2O. The second kappa shape index (κ2) is 6.41. The van der Waals surface area contributed by atoms with Crippen LogP contribution < -0.4 is 10.6 Å². The van der Waals surface area contributed by atoms with Gasteiger partial charge in [0, 0.05) is 23.7 Å². The Morgan fingerprint density at radius 3 is 2.86 bits per heavy atom. The third-order valence-corrected chi connectivity index (χ3v) is 4.95. The zero-order valence-corrected chi connectivity index (χ0v) is 13.8. The number of fused-ring (bicyclic) bond motifs is 1. The van der Waals surface area contributed by atoms with E-state index in [1.165, 1.54) is 24.0 Å². The molecule has 2 N–H and O–H groups in total. The number of carbonyl (C=O) groups is 1. The van der Waals surface area contributed by atoms with Crippen molar-refractivity contribution in [2.75, 3.05) is 4.90 Å². The quantitative estimate of drug-likeness (QED) is 0.875. The molecule has 0 radical (unpaired) electrons. The fraction of sp³-hybridized carbons (Fsp3) is 0.632. The lowest BCUT2D eigenvalue weighted by Gasteiger charge is -2.22. The summed E-state index contributed by atoms with van der Waals surface area (Å²) in [6.07, 6.45) is 7.56. The van der Waals surface area contributed by atoms with Crippen LogP contribution in [-0.2, 0) is 17.6 Å². The van der Waals surface area contributed by atoms with Crippen molar-refractivity contribution in [3.8, 4) is 0 Å². The van der Waals surface area contributed by atoms with E-state index in [1.54, 1.807) is 0 Å². The Morgan fingerprint density at radius 1 is 1.41 bits per heavy atom. The Kier molecular flexibility index (Phi) is 4.53. The largest absolute Gasteiger partial charge is 0.327 e. The first-order valence-corrected chi connectivity index (χ1v) is 8.80. The minimum absolute atomic E-state index is 0.251. The number of amides is 1. The molecule has 3 heteroatoms. The molecule has 1 amide bonds. The second-order valence-electron chi connectivity index (χ2n) is 7.11. The molecule has 3 rings (SSSR count). The first kappa shape index (κ1) is 15.5. The third kappa shape index (κ3) is 3.19. The van der Waals surface area contributed by atoms with E-state index in [2.05, 4.69) is 32.0 Å². The number of hydrogen-bond donors (Lipinski definition) is 1. The predicted octanol–water partition coefficient (Wildman–Crippen LogP) is 3.43. The first-order chi connectivity index (χ1) is 10.6. The molecule has 2 aliphatic rings. The Bertz CT molecular complexity index is 550. The summed E-state index contributed by atoms with van der Waals surface area (Å²) >= 11 is 0. The molecule has 22 heavy (non-hydrogen) atoms. The minimum atomic E-state index is 0.251. The summed E-state index contributed by atoms with van der Waals surface area (Å²) in [5, 5.41) is 0. The summed E-state index contributed by atoms with van der Waals surface area (Å²) in [4.78, 5) is 14.5. The molecule has 1 aromatic carbocycles. The van der Waals surface area contributed by atoms with Gasteiger partial charge in [-0.1, -0.05) is 31.9 Å². The molecule has 0 aromatic heterocycles. The van der Waals surface area contributed by atoms with Gasteiger partial charge in [-0.2, -0.15) is 0 Å². The number of hydrogen-bond acceptors (Lipinski definition) is 2. The van der Waals surface area contributed by atoms with E-state index in [9.17, 15) is 4.79 Å². The molecule has 1 aromatic rings. The summed E-state index contributed by atoms with van der Waals surface area (Å²) < 4.78 is 0. The van der Waals surface area contributed by atoms with E-state index in [4.69, 9.17) is 5.73 Å². The fourth-order valence-corrected chi connectivity index (χ4v) is 3.55. The maximum Gasteiger partial charge on any atom is 0.230 e. The van der Waals surface area contributed by atoms with Crippen molar-refractivity contribution in [3.05, 3.63) is 29.3 Å². The fourth-order valence-electron chi connectivity index (χ4n) is 3.55.